The molecule has 144 valence electrons. The lowest BCUT2D eigenvalue weighted by Crippen LogP contribution is -2.45. The van der Waals surface area contributed by atoms with Crippen molar-refractivity contribution in [3.05, 3.63) is 64.7 Å². The van der Waals surface area contributed by atoms with Crippen LogP contribution >= 0.6 is 11.6 Å². The molecule has 0 N–H and O–H groups in total. The van der Waals surface area contributed by atoms with Crippen LogP contribution in [0.25, 0.3) is 0 Å². The van der Waals surface area contributed by atoms with E-state index in [0.717, 1.165) is 25.1 Å². The van der Waals surface area contributed by atoms with E-state index in [1.54, 1.807) is 12.3 Å². The third-order valence-electron chi connectivity index (χ3n) is 5.06. The van der Waals surface area contributed by atoms with E-state index in [1.807, 2.05) is 17.0 Å². The molecule has 1 atom stereocenters. The molecule has 4 nitrogen and oxygen atoms in total. The maximum Gasteiger partial charge on any atom is 0.255 e. The summed E-state index contributed by atoms with van der Waals surface area (Å²) in [6.45, 7) is 7.37. The molecule has 1 aliphatic heterocycles. The molecule has 0 saturated carbocycles. The van der Waals surface area contributed by atoms with Gasteiger partial charge < -0.3 is 4.90 Å². The summed E-state index contributed by atoms with van der Waals surface area (Å²) in [5, 5.41) is 0.467. The maximum absolute atomic E-state index is 13.2. The van der Waals surface area contributed by atoms with Gasteiger partial charge in [0.2, 0.25) is 0 Å². The van der Waals surface area contributed by atoms with Gasteiger partial charge in [0.25, 0.3) is 5.91 Å². The fourth-order valence-corrected chi connectivity index (χ4v) is 3.79. The lowest BCUT2D eigenvalue weighted by atomic mass is 10.0. The number of rotatable bonds is 4. The summed E-state index contributed by atoms with van der Waals surface area (Å²) in [6.07, 6.45) is 3.99. The summed E-state index contributed by atoms with van der Waals surface area (Å²) in [7, 11) is 0. The zero-order valence-electron chi connectivity index (χ0n) is 15.7. The van der Waals surface area contributed by atoms with Gasteiger partial charge in [0, 0.05) is 44.6 Å². The molecule has 3 rings (SSSR count). The van der Waals surface area contributed by atoms with Gasteiger partial charge in [-0.15, -0.1) is 0 Å². The number of amides is 1. The Bertz CT molecular complexity index is 781. The summed E-state index contributed by atoms with van der Waals surface area (Å²) >= 11 is 6.00. The Kier molecular flexibility index (Phi) is 6.45. The second-order valence-electron chi connectivity index (χ2n) is 7.40. The highest BCUT2D eigenvalue weighted by atomic mass is 35.5. The molecule has 0 radical (unpaired) electrons. The van der Waals surface area contributed by atoms with Crippen molar-refractivity contribution in [3.63, 3.8) is 0 Å². The predicted octanol–water partition coefficient (Wildman–Crippen LogP) is 4.25. The van der Waals surface area contributed by atoms with Gasteiger partial charge in [0.1, 0.15) is 5.82 Å². The van der Waals surface area contributed by atoms with Gasteiger partial charge in [-0.2, -0.15) is 0 Å². The number of aromatic nitrogens is 1. The lowest BCUT2D eigenvalue weighted by Gasteiger charge is -2.34. The number of carbonyl (C=O) groups is 1. The molecule has 1 fully saturated rings. The third kappa shape index (κ3) is 5.05. The molecule has 6 heteroatoms. The second kappa shape index (κ2) is 8.81. The second-order valence-corrected chi connectivity index (χ2v) is 7.84. The van der Waals surface area contributed by atoms with Crippen molar-refractivity contribution in [3.8, 4) is 0 Å². The van der Waals surface area contributed by atoms with Gasteiger partial charge >= 0.3 is 0 Å². The van der Waals surface area contributed by atoms with Crippen molar-refractivity contribution in [2.24, 2.45) is 5.92 Å². The normalized spacial score (nSPS) is 18.6. The first-order valence-electron chi connectivity index (χ1n) is 9.32. The minimum atomic E-state index is -0.220. The number of pyridine rings is 1. The van der Waals surface area contributed by atoms with E-state index in [4.69, 9.17) is 11.6 Å². The molecular formula is C21H25ClFN3O. The van der Waals surface area contributed by atoms with Crippen molar-refractivity contribution in [2.45, 2.75) is 32.9 Å². The molecule has 1 aromatic heterocycles. The van der Waals surface area contributed by atoms with E-state index in [9.17, 15) is 9.18 Å². The van der Waals surface area contributed by atoms with Gasteiger partial charge in [-0.05, 0) is 36.1 Å². The van der Waals surface area contributed by atoms with Gasteiger partial charge in [-0.1, -0.05) is 37.6 Å². The van der Waals surface area contributed by atoms with Crippen LogP contribution in [-0.4, -0.2) is 46.4 Å². The van der Waals surface area contributed by atoms with E-state index in [-0.39, 0.29) is 17.8 Å². The van der Waals surface area contributed by atoms with Gasteiger partial charge in [-0.3, -0.25) is 14.7 Å². The van der Waals surface area contributed by atoms with Crippen LogP contribution < -0.4 is 0 Å². The quantitative estimate of drug-likeness (QED) is 0.784. The zero-order valence-corrected chi connectivity index (χ0v) is 16.5. The Hall–Kier alpha value is -1.98. The van der Waals surface area contributed by atoms with E-state index >= 15 is 0 Å². The van der Waals surface area contributed by atoms with Gasteiger partial charge in [0.05, 0.1) is 10.6 Å². The number of halogens is 2. The van der Waals surface area contributed by atoms with Crippen molar-refractivity contribution >= 4 is 17.5 Å². The Morgan fingerprint density at radius 2 is 2.00 bits per heavy atom. The Morgan fingerprint density at radius 1 is 1.26 bits per heavy atom. The molecule has 0 bridgehead atoms. The van der Waals surface area contributed by atoms with Crippen LogP contribution in [0.15, 0.2) is 42.7 Å². The van der Waals surface area contributed by atoms with Crippen molar-refractivity contribution in [1.29, 1.82) is 0 Å². The summed E-state index contributed by atoms with van der Waals surface area (Å²) in [4.78, 5) is 21.3. The molecule has 2 aromatic rings. The van der Waals surface area contributed by atoms with Crippen LogP contribution in [0.5, 0.6) is 0 Å². The molecule has 0 spiro atoms. The first-order valence-corrected chi connectivity index (χ1v) is 9.70. The predicted molar refractivity (Wildman–Crippen MR) is 105 cm³/mol. The maximum atomic E-state index is 13.2. The van der Waals surface area contributed by atoms with Crippen molar-refractivity contribution in [2.75, 3.05) is 19.6 Å². The number of hydrogen-bond acceptors (Lipinski definition) is 3. The van der Waals surface area contributed by atoms with E-state index in [1.165, 1.54) is 18.3 Å². The van der Waals surface area contributed by atoms with E-state index in [0.29, 0.717) is 29.6 Å². The minimum Gasteiger partial charge on any atom is -0.337 e. The average molecular weight is 390 g/mol. The van der Waals surface area contributed by atoms with Crippen LogP contribution in [0.2, 0.25) is 5.02 Å². The molecule has 1 aliphatic rings. The standard InChI is InChI=1S/C21H25ClFN3O/c1-15(2)20-14-26(21(27)17-10-18(22)12-24-11-17)9-3-8-25(20)13-16-4-6-19(23)7-5-16/h4-7,10-12,15,20H,3,8-9,13-14H2,1-2H3. The Labute approximate surface area is 165 Å². The topological polar surface area (TPSA) is 36.4 Å². The SMILES string of the molecule is CC(C)C1CN(C(=O)c2cncc(Cl)c2)CCCN1Cc1ccc(F)cc1. The zero-order chi connectivity index (χ0) is 19.4. The number of benzene rings is 1. The lowest BCUT2D eigenvalue weighted by molar-refractivity contribution is 0.0702. The highest BCUT2D eigenvalue weighted by Gasteiger charge is 2.30. The Morgan fingerprint density at radius 3 is 2.67 bits per heavy atom. The molecule has 1 aromatic carbocycles. The van der Waals surface area contributed by atoms with Crippen molar-refractivity contribution in [1.82, 2.24) is 14.8 Å². The number of nitrogens with zero attached hydrogens (tertiary/aromatic N) is 3. The third-order valence-corrected chi connectivity index (χ3v) is 5.26. The molecule has 1 saturated heterocycles. The largest absolute Gasteiger partial charge is 0.337 e. The molecule has 1 amide bonds. The van der Waals surface area contributed by atoms with E-state index < -0.39 is 0 Å². The molecule has 1 unspecified atom stereocenters. The van der Waals surface area contributed by atoms with E-state index in [2.05, 4.69) is 23.7 Å². The monoisotopic (exact) mass is 389 g/mol. The summed E-state index contributed by atoms with van der Waals surface area (Å²) in [5.74, 6) is 0.137. The van der Waals surface area contributed by atoms with Crippen LogP contribution in [-0.2, 0) is 6.54 Å². The molecule has 2 heterocycles. The minimum absolute atomic E-state index is 0.0284. The molecule has 0 aliphatic carbocycles. The first kappa shape index (κ1) is 19.8. The fourth-order valence-electron chi connectivity index (χ4n) is 3.61. The summed E-state index contributed by atoms with van der Waals surface area (Å²) in [6, 6.07) is 8.56. The first-order chi connectivity index (χ1) is 12.9. The molecule has 27 heavy (non-hydrogen) atoms. The van der Waals surface area contributed by atoms with Crippen LogP contribution in [0.1, 0.15) is 36.2 Å². The highest BCUT2D eigenvalue weighted by Crippen LogP contribution is 2.22. The van der Waals surface area contributed by atoms with Crippen LogP contribution in [0.3, 0.4) is 0 Å². The molecular weight excluding hydrogens is 365 g/mol. The van der Waals surface area contributed by atoms with Crippen molar-refractivity contribution < 1.29 is 9.18 Å². The summed E-state index contributed by atoms with van der Waals surface area (Å²) in [5.41, 5.74) is 1.61. The smallest absolute Gasteiger partial charge is 0.255 e. The van der Waals surface area contributed by atoms with Crippen LogP contribution in [0, 0.1) is 11.7 Å². The van der Waals surface area contributed by atoms with Gasteiger partial charge in [0.15, 0.2) is 0 Å². The summed E-state index contributed by atoms with van der Waals surface area (Å²) < 4.78 is 13.2. The highest BCUT2D eigenvalue weighted by molar-refractivity contribution is 6.30. The average Bonchev–Trinajstić information content (AvgIpc) is 2.86. The fraction of sp³-hybridized carbons (Fsp3) is 0.429. The van der Waals surface area contributed by atoms with Crippen LogP contribution in [0.4, 0.5) is 4.39 Å². The van der Waals surface area contributed by atoms with Gasteiger partial charge in [-0.25, -0.2) is 4.39 Å². The number of carbonyl (C=O) groups excluding carboxylic acids is 1. The number of hydrogen-bond donors (Lipinski definition) is 0. The Balaban J connectivity index is 1.76.